The molecule has 1 heterocycles. The Balaban J connectivity index is 1.98. The molecule has 7 heteroatoms. The summed E-state index contributed by atoms with van der Waals surface area (Å²) in [4.78, 5) is 42.3. The highest BCUT2D eigenvalue weighted by Crippen LogP contribution is 2.19. The van der Waals surface area contributed by atoms with Crippen LogP contribution in [-0.4, -0.2) is 65.6 Å². The summed E-state index contributed by atoms with van der Waals surface area (Å²) in [7, 11) is 3.83. The van der Waals surface area contributed by atoms with Crippen LogP contribution in [0.2, 0.25) is 0 Å². The molecular formula is C25H31N3O4. The lowest BCUT2D eigenvalue weighted by Gasteiger charge is -2.27. The van der Waals surface area contributed by atoms with E-state index in [0.717, 1.165) is 0 Å². The Labute approximate surface area is 188 Å². The normalized spacial score (nSPS) is 11.8. The molecule has 0 spiro atoms. The van der Waals surface area contributed by atoms with Gasteiger partial charge in [-0.15, -0.1) is 0 Å². The van der Waals surface area contributed by atoms with Crippen LogP contribution < -0.4 is 5.43 Å². The van der Waals surface area contributed by atoms with Gasteiger partial charge in [0, 0.05) is 23.9 Å². The molecule has 0 aliphatic rings. The molecule has 1 aromatic heterocycles. The van der Waals surface area contributed by atoms with Gasteiger partial charge in [-0.1, -0.05) is 24.3 Å². The van der Waals surface area contributed by atoms with E-state index in [9.17, 15) is 14.4 Å². The van der Waals surface area contributed by atoms with Crippen LogP contribution >= 0.6 is 0 Å². The number of pyridine rings is 1. The summed E-state index contributed by atoms with van der Waals surface area (Å²) in [6.45, 7) is 6.29. The lowest BCUT2D eigenvalue weighted by molar-refractivity contribution is -0.159. The average molecular weight is 438 g/mol. The first-order valence-electron chi connectivity index (χ1n) is 10.7. The molecule has 0 radical (unpaired) electrons. The smallest absolute Gasteiger partial charge is 0.326 e. The minimum atomic E-state index is -0.627. The zero-order valence-electron chi connectivity index (χ0n) is 19.4. The molecule has 0 aliphatic heterocycles. The Morgan fingerprint density at radius 2 is 1.44 bits per heavy atom. The number of esters is 1. The molecule has 3 rings (SSSR count). The number of carbonyl (C=O) groups excluding carboxylic acids is 2. The van der Waals surface area contributed by atoms with E-state index in [-0.39, 0.29) is 24.4 Å². The van der Waals surface area contributed by atoms with Crippen molar-refractivity contribution < 1.29 is 14.3 Å². The molecule has 0 unspecified atom stereocenters. The molecule has 32 heavy (non-hydrogen) atoms. The number of amides is 1. The minimum absolute atomic E-state index is 0.0114. The number of para-hydroxylation sites is 2. The van der Waals surface area contributed by atoms with Crippen LogP contribution in [0.25, 0.3) is 21.8 Å². The van der Waals surface area contributed by atoms with E-state index in [4.69, 9.17) is 4.74 Å². The summed E-state index contributed by atoms with van der Waals surface area (Å²) >= 11 is 0. The molecular weight excluding hydrogens is 406 g/mol. The topological polar surface area (TPSA) is 71.8 Å². The summed E-state index contributed by atoms with van der Waals surface area (Å²) in [5, 5.41) is 1.12. The van der Waals surface area contributed by atoms with Crippen LogP contribution in [0, 0.1) is 0 Å². The fraction of sp³-hybridized carbons (Fsp3) is 0.400. The second-order valence-corrected chi connectivity index (χ2v) is 9.15. The van der Waals surface area contributed by atoms with E-state index >= 15 is 0 Å². The van der Waals surface area contributed by atoms with Gasteiger partial charge in [0.2, 0.25) is 5.91 Å². The van der Waals surface area contributed by atoms with E-state index < -0.39 is 11.6 Å². The summed E-state index contributed by atoms with van der Waals surface area (Å²) in [6.07, 6.45) is 0. The molecule has 2 aromatic carbocycles. The van der Waals surface area contributed by atoms with Crippen LogP contribution in [0.15, 0.2) is 53.3 Å². The molecule has 7 nitrogen and oxygen atoms in total. The summed E-state index contributed by atoms with van der Waals surface area (Å²) in [5.74, 6) is -0.657. The second kappa shape index (κ2) is 9.53. The number of aromatic nitrogens is 1. The van der Waals surface area contributed by atoms with E-state index in [1.54, 1.807) is 32.9 Å². The zero-order chi connectivity index (χ0) is 23.5. The van der Waals surface area contributed by atoms with Crippen molar-refractivity contribution in [2.24, 2.45) is 0 Å². The summed E-state index contributed by atoms with van der Waals surface area (Å²) < 4.78 is 7.29. The van der Waals surface area contributed by atoms with E-state index in [1.807, 2.05) is 60.0 Å². The van der Waals surface area contributed by atoms with Crippen LogP contribution in [0.1, 0.15) is 20.8 Å². The minimum Gasteiger partial charge on any atom is -0.459 e. The van der Waals surface area contributed by atoms with Gasteiger partial charge in [-0.05, 0) is 59.1 Å². The molecule has 3 aromatic rings. The first-order valence-corrected chi connectivity index (χ1v) is 10.7. The monoisotopic (exact) mass is 437 g/mol. The lowest BCUT2D eigenvalue weighted by Crippen LogP contribution is -2.43. The number of rotatable bonds is 7. The number of hydrogen-bond donors (Lipinski definition) is 0. The highest BCUT2D eigenvalue weighted by atomic mass is 16.6. The Morgan fingerprint density at radius 3 is 1.94 bits per heavy atom. The Morgan fingerprint density at radius 1 is 0.906 bits per heavy atom. The van der Waals surface area contributed by atoms with Gasteiger partial charge in [0.05, 0.1) is 11.0 Å². The van der Waals surface area contributed by atoms with Gasteiger partial charge in [-0.25, -0.2) is 0 Å². The van der Waals surface area contributed by atoms with Gasteiger partial charge in [0.15, 0.2) is 5.43 Å². The third-order valence-electron chi connectivity index (χ3n) is 5.08. The number of carbonyl (C=O) groups is 2. The number of ether oxygens (including phenoxy) is 1. The number of hydrogen-bond acceptors (Lipinski definition) is 5. The van der Waals surface area contributed by atoms with Gasteiger partial charge in [0.25, 0.3) is 0 Å². The van der Waals surface area contributed by atoms with Crippen molar-refractivity contribution in [1.29, 1.82) is 0 Å². The van der Waals surface area contributed by atoms with Crippen molar-refractivity contribution in [2.45, 2.75) is 32.9 Å². The van der Waals surface area contributed by atoms with E-state index in [0.29, 0.717) is 34.9 Å². The molecule has 0 saturated carbocycles. The number of likely N-dealkylation sites (N-methyl/N-ethyl adjacent to an activating group) is 1. The van der Waals surface area contributed by atoms with Crippen molar-refractivity contribution in [1.82, 2.24) is 14.4 Å². The van der Waals surface area contributed by atoms with Gasteiger partial charge in [-0.2, -0.15) is 0 Å². The van der Waals surface area contributed by atoms with Gasteiger partial charge in [0.1, 0.15) is 18.7 Å². The van der Waals surface area contributed by atoms with Crippen LogP contribution in [0.5, 0.6) is 0 Å². The summed E-state index contributed by atoms with van der Waals surface area (Å²) in [6, 6.07) is 14.6. The van der Waals surface area contributed by atoms with Gasteiger partial charge < -0.3 is 19.1 Å². The zero-order valence-corrected chi connectivity index (χ0v) is 19.4. The van der Waals surface area contributed by atoms with Crippen molar-refractivity contribution >= 4 is 33.7 Å². The molecule has 0 saturated heterocycles. The Hall–Kier alpha value is -3.19. The predicted molar refractivity (Wildman–Crippen MR) is 127 cm³/mol. The third-order valence-corrected chi connectivity index (χ3v) is 5.08. The fourth-order valence-electron chi connectivity index (χ4n) is 3.62. The molecule has 0 aliphatic carbocycles. The highest BCUT2D eigenvalue weighted by Gasteiger charge is 2.23. The van der Waals surface area contributed by atoms with Crippen LogP contribution in [0.3, 0.4) is 0 Å². The number of fused-ring (bicyclic) bond motifs is 2. The largest absolute Gasteiger partial charge is 0.459 e. The van der Waals surface area contributed by atoms with Crippen molar-refractivity contribution in [3.8, 4) is 0 Å². The lowest BCUT2D eigenvalue weighted by atomic mass is 10.1. The third kappa shape index (κ3) is 5.53. The molecule has 170 valence electrons. The van der Waals surface area contributed by atoms with Gasteiger partial charge >= 0.3 is 5.97 Å². The maximum atomic E-state index is 13.4. The van der Waals surface area contributed by atoms with Crippen LogP contribution in [-0.2, 0) is 20.9 Å². The number of benzene rings is 2. The Bertz CT molecular complexity index is 1130. The predicted octanol–water partition coefficient (Wildman–Crippen LogP) is 2.89. The van der Waals surface area contributed by atoms with Crippen molar-refractivity contribution in [3.05, 3.63) is 58.8 Å². The second-order valence-electron chi connectivity index (χ2n) is 9.15. The van der Waals surface area contributed by atoms with E-state index in [2.05, 4.69) is 0 Å². The first-order chi connectivity index (χ1) is 15.1. The molecule has 0 bridgehead atoms. The maximum absolute atomic E-state index is 13.4. The molecule has 0 fully saturated rings. The SMILES string of the molecule is CN(C)CCN(CC(=O)OC(C)(C)C)C(=O)Cn1c2ccccc2c(=O)c2ccccc21. The van der Waals surface area contributed by atoms with E-state index in [1.165, 1.54) is 4.90 Å². The highest BCUT2D eigenvalue weighted by molar-refractivity contribution is 5.95. The maximum Gasteiger partial charge on any atom is 0.326 e. The molecule has 0 N–H and O–H groups in total. The molecule has 1 amide bonds. The fourth-order valence-corrected chi connectivity index (χ4v) is 3.62. The van der Waals surface area contributed by atoms with Crippen LogP contribution in [0.4, 0.5) is 0 Å². The average Bonchev–Trinajstić information content (AvgIpc) is 2.72. The standard InChI is InChI=1S/C25H31N3O4/c1-25(2,3)32-23(30)17-27(15-14-26(4)5)22(29)16-28-20-12-8-6-10-18(20)24(31)19-11-7-9-13-21(19)28/h6-13H,14-17H2,1-5H3. The number of nitrogens with zero attached hydrogens (tertiary/aromatic N) is 3. The quantitative estimate of drug-likeness (QED) is 0.420. The first kappa shape index (κ1) is 23.5. The van der Waals surface area contributed by atoms with Crippen molar-refractivity contribution in [2.75, 3.05) is 33.7 Å². The summed E-state index contributed by atoms with van der Waals surface area (Å²) in [5.41, 5.74) is 0.695. The van der Waals surface area contributed by atoms with Gasteiger partial charge in [-0.3, -0.25) is 14.4 Å². The van der Waals surface area contributed by atoms with Crippen molar-refractivity contribution in [3.63, 3.8) is 0 Å². The Kier molecular flexibility index (Phi) is 6.99. The molecule has 0 atom stereocenters.